The Morgan fingerprint density at radius 1 is 1.04 bits per heavy atom. The van der Waals surface area contributed by atoms with Gasteiger partial charge < -0.3 is 5.32 Å². The minimum atomic E-state index is -4.60. The lowest BCUT2D eigenvalue weighted by Crippen LogP contribution is -2.16. The highest BCUT2D eigenvalue weighted by atomic mass is 19.4. The van der Waals surface area contributed by atoms with E-state index in [0.717, 1.165) is 17.2 Å². The number of aromatic amines is 1. The maximum absolute atomic E-state index is 12.8. The van der Waals surface area contributed by atoms with E-state index in [1.807, 2.05) is 12.1 Å². The first-order valence-electron chi connectivity index (χ1n) is 8.16. The number of carbonyl (C=O) groups is 1. The van der Waals surface area contributed by atoms with Gasteiger partial charge in [0.15, 0.2) is 5.69 Å². The molecule has 0 radical (unpaired) electrons. The summed E-state index contributed by atoms with van der Waals surface area (Å²) in [5, 5.41) is 9.63. The molecule has 2 N–H and O–H groups in total. The topological polar surface area (TPSA) is 83.6 Å². The molecule has 0 spiro atoms. The summed E-state index contributed by atoms with van der Waals surface area (Å²) in [6.07, 6.45) is -1.26. The van der Waals surface area contributed by atoms with Crippen LogP contribution in [0.2, 0.25) is 0 Å². The minimum Gasteiger partial charge on any atom is -0.305 e. The first kappa shape index (κ1) is 17.7. The number of aromatic nitrogens is 4. The highest BCUT2D eigenvalue weighted by Crippen LogP contribution is 2.29. The number of hydrogen-bond acceptors (Lipinski definition) is 4. The van der Waals surface area contributed by atoms with Gasteiger partial charge in [-0.3, -0.25) is 14.9 Å². The molecule has 140 valence electrons. The zero-order chi connectivity index (χ0) is 19.7. The molecule has 0 aliphatic rings. The van der Waals surface area contributed by atoms with E-state index in [0.29, 0.717) is 10.9 Å². The Labute approximate surface area is 156 Å². The molecule has 0 fully saturated rings. The molecule has 4 rings (SSSR count). The summed E-state index contributed by atoms with van der Waals surface area (Å²) in [7, 11) is 0. The van der Waals surface area contributed by atoms with Crippen molar-refractivity contribution in [2.45, 2.75) is 6.18 Å². The van der Waals surface area contributed by atoms with Crippen LogP contribution in [-0.4, -0.2) is 26.1 Å². The summed E-state index contributed by atoms with van der Waals surface area (Å²) in [6.45, 7) is 0. The molecule has 0 atom stereocenters. The number of anilines is 1. The van der Waals surface area contributed by atoms with E-state index in [2.05, 4.69) is 25.5 Å². The summed E-state index contributed by atoms with van der Waals surface area (Å²) in [4.78, 5) is 20.1. The minimum absolute atomic E-state index is 0.0555. The van der Waals surface area contributed by atoms with E-state index in [1.54, 1.807) is 30.6 Å². The first-order chi connectivity index (χ1) is 13.4. The molecule has 1 aromatic carbocycles. The first-order valence-corrected chi connectivity index (χ1v) is 8.16. The van der Waals surface area contributed by atoms with Crippen LogP contribution in [-0.2, 0) is 6.18 Å². The van der Waals surface area contributed by atoms with Gasteiger partial charge in [0, 0.05) is 23.3 Å². The zero-order valence-electron chi connectivity index (χ0n) is 14.2. The van der Waals surface area contributed by atoms with Gasteiger partial charge in [0.2, 0.25) is 0 Å². The van der Waals surface area contributed by atoms with Crippen LogP contribution in [0, 0.1) is 0 Å². The Hall–Kier alpha value is -3.75. The van der Waals surface area contributed by atoms with Crippen LogP contribution in [0.3, 0.4) is 0 Å². The number of rotatable bonds is 3. The molecular formula is C19H12F3N5O. The van der Waals surface area contributed by atoms with Crippen molar-refractivity contribution in [3.63, 3.8) is 0 Å². The average molecular weight is 383 g/mol. The number of hydrogen-bond donors (Lipinski definition) is 2. The zero-order valence-corrected chi connectivity index (χ0v) is 14.2. The Balaban J connectivity index is 1.66. The normalized spacial score (nSPS) is 11.5. The lowest BCUT2D eigenvalue weighted by Gasteiger charge is -2.08. The van der Waals surface area contributed by atoms with E-state index in [1.165, 1.54) is 12.1 Å². The number of H-pyrrole nitrogens is 1. The number of fused-ring (bicyclic) bond motifs is 1. The fraction of sp³-hybridized carbons (Fsp3) is 0.0526. The number of nitrogens with one attached hydrogen (secondary N) is 2. The van der Waals surface area contributed by atoms with Crippen molar-refractivity contribution >= 4 is 22.6 Å². The second-order valence-corrected chi connectivity index (χ2v) is 5.93. The average Bonchev–Trinajstić information content (AvgIpc) is 3.11. The summed E-state index contributed by atoms with van der Waals surface area (Å²) >= 11 is 0. The van der Waals surface area contributed by atoms with Crippen LogP contribution >= 0.6 is 0 Å². The summed E-state index contributed by atoms with van der Waals surface area (Å²) in [5.74, 6) is -0.874. The van der Waals surface area contributed by atoms with Gasteiger partial charge in [0.1, 0.15) is 11.5 Å². The van der Waals surface area contributed by atoms with Crippen molar-refractivity contribution in [2.24, 2.45) is 0 Å². The van der Waals surface area contributed by atoms with Crippen LogP contribution < -0.4 is 5.32 Å². The number of nitrogens with zero attached hydrogens (tertiary/aromatic N) is 3. The molecule has 28 heavy (non-hydrogen) atoms. The van der Waals surface area contributed by atoms with Crippen molar-refractivity contribution in [3.05, 3.63) is 72.3 Å². The molecule has 4 aromatic rings. The molecule has 0 saturated heterocycles. The van der Waals surface area contributed by atoms with E-state index in [9.17, 15) is 18.0 Å². The van der Waals surface area contributed by atoms with Crippen molar-refractivity contribution in [2.75, 3.05) is 5.32 Å². The molecule has 3 aromatic heterocycles. The molecule has 0 bridgehead atoms. The maximum Gasteiger partial charge on any atom is 0.433 e. The molecule has 0 aliphatic carbocycles. The predicted molar refractivity (Wildman–Crippen MR) is 96.5 cm³/mol. The molecule has 3 heterocycles. The third kappa shape index (κ3) is 3.41. The molecular weight excluding hydrogens is 371 g/mol. The summed E-state index contributed by atoms with van der Waals surface area (Å²) < 4.78 is 38.4. The molecule has 9 heteroatoms. The third-order valence-electron chi connectivity index (χ3n) is 4.05. The number of benzene rings is 1. The van der Waals surface area contributed by atoms with Crippen LogP contribution in [0.5, 0.6) is 0 Å². The summed E-state index contributed by atoms with van der Waals surface area (Å²) in [5.41, 5.74) is 1.27. The van der Waals surface area contributed by atoms with Gasteiger partial charge in [-0.1, -0.05) is 18.2 Å². The van der Waals surface area contributed by atoms with Gasteiger partial charge in [0.05, 0.1) is 5.52 Å². The Bertz CT molecular complexity index is 1160. The van der Waals surface area contributed by atoms with Crippen molar-refractivity contribution < 1.29 is 18.0 Å². The standard InChI is InChI=1S/C19H12F3N5O/c20-19(21,22)15-4-1-5-16(24-15)25-18(28)17-13-9-11(6-7-14(13)26-27-17)12-3-2-8-23-10-12/h1-10H,(H,26,27)(H,24,25,28). The fourth-order valence-corrected chi connectivity index (χ4v) is 2.74. The molecule has 6 nitrogen and oxygen atoms in total. The lowest BCUT2D eigenvalue weighted by molar-refractivity contribution is -0.141. The summed E-state index contributed by atoms with van der Waals surface area (Å²) in [6, 6.07) is 12.3. The second-order valence-electron chi connectivity index (χ2n) is 5.93. The Morgan fingerprint density at radius 3 is 2.64 bits per heavy atom. The number of alkyl halides is 3. The largest absolute Gasteiger partial charge is 0.433 e. The van der Waals surface area contributed by atoms with Crippen molar-refractivity contribution in [1.29, 1.82) is 0 Å². The van der Waals surface area contributed by atoms with Crippen LogP contribution in [0.4, 0.5) is 19.0 Å². The van der Waals surface area contributed by atoms with Crippen molar-refractivity contribution in [1.82, 2.24) is 20.2 Å². The second kappa shape index (κ2) is 6.76. The SMILES string of the molecule is O=C(Nc1cccc(C(F)(F)F)n1)c1n[nH]c2ccc(-c3cccnc3)cc12. The molecule has 1 amide bonds. The monoisotopic (exact) mass is 383 g/mol. The molecule has 0 unspecified atom stereocenters. The smallest absolute Gasteiger partial charge is 0.305 e. The lowest BCUT2D eigenvalue weighted by atomic mass is 10.0. The van der Waals surface area contributed by atoms with E-state index in [4.69, 9.17) is 0 Å². The van der Waals surface area contributed by atoms with Gasteiger partial charge >= 0.3 is 6.18 Å². The van der Waals surface area contributed by atoms with Crippen LogP contribution in [0.1, 0.15) is 16.2 Å². The van der Waals surface area contributed by atoms with E-state index < -0.39 is 17.8 Å². The van der Waals surface area contributed by atoms with Gasteiger partial charge in [0.25, 0.3) is 5.91 Å². The number of halogens is 3. The maximum atomic E-state index is 12.8. The van der Waals surface area contributed by atoms with Crippen molar-refractivity contribution in [3.8, 4) is 11.1 Å². The number of pyridine rings is 2. The number of carbonyl (C=O) groups excluding carboxylic acids is 1. The van der Waals surface area contributed by atoms with Crippen LogP contribution in [0.25, 0.3) is 22.0 Å². The quantitative estimate of drug-likeness (QED) is 0.553. The third-order valence-corrected chi connectivity index (χ3v) is 4.05. The Kier molecular flexibility index (Phi) is 4.26. The van der Waals surface area contributed by atoms with Gasteiger partial charge in [-0.05, 0) is 35.9 Å². The predicted octanol–water partition coefficient (Wildman–Crippen LogP) is 4.29. The number of amides is 1. The Morgan fingerprint density at radius 2 is 1.89 bits per heavy atom. The fourth-order valence-electron chi connectivity index (χ4n) is 2.74. The molecule has 0 saturated carbocycles. The van der Waals surface area contributed by atoms with Crippen LogP contribution in [0.15, 0.2) is 60.9 Å². The van der Waals surface area contributed by atoms with E-state index in [-0.39, 0.29) is 11.5 Å². The van der Waals surface area contributed by atoms with Gasteiger partial charge in [-0.2, -0.15) is 18.3 Å². The highest BCUT2D eigenvalue weighted by Gasteiger charge is 2.32. The van der Waals surface area contributed by atoms with E-state index >= 15 is 0 Å². The van der Waals surface area contributed by atoms with Gasteiger partial charge in [-0.25, -0.2) is 4.98 Å². The molecule has 0 aliphatic heterocycles. The highest BCUT2D eigenvalue weighted by molar-refractivity contribution is 6.11. The van der Waals surface area contributed by atoms with Gasteiger partial charge in [-0.15, -0.1) is 0 Å².